The maximum Gasteiger partial charge on any atom is 0.322 e. The van der Waals surface area contributed by atoms with E-state index < -0.39 is 0 Å². The van der Waals surface area contributed by atoms with Gasteiger partial charge in [0.05, 0.1) is 6.04 Å². The third kappa shape index (κ3) is 2.84. The van der Waals surface area contributed by atoms with Gasteiger partial charge in [-0.05, 0) is 45.2 Å². The van der Waals surface area contributed by atoms with Crippen molar-refractivity contribution in [3.63, 3.8) is 0 Å². The van der Waals surface area contributed by atoms with Gasteiger partial charge in [-0.3, -0.25) is 0 Å². The fourth-order valence-corrected chi connectivity index (χ4v) is 3.00. The topological polar surface area (TPSA) is 58.4 Å². The van der Waals surface area contributed by atoms with Crippen LogP contribution in [0.2, 0.25) is 0 Å². The van der Waals surface area contributed by atoms with E-state index in [0.29, 0.717) is 0 Å². The summed E-state index contributed by atoms with van der Waals surface area (Å²) in [5, 5.41) is 7.08. The molecule has 2 heterocycles. The molecular formula is C17H21N3O2. The lowest BCUT2D eigenvalue weighted by molar-refractivity contribution is 0.204. The predicted octanol–water partition coefficient (Wildman–Crippen LogP) is 3.97. The molecular weight excluding hydrogens is 278 g/mol. The largest absolute Gasteiger partial charge is 0.361 e. The molecule has 1 saturated heterocycles. The molecule has 1 aromatic carbocycles. The molecule has 1 fully saturated rings. The van der Waals surface area contributed by atoms with Crippen LogP contribution >= 0.6 is 0 Å². The highest BCUT2D eigenvalue weighted by Crippen LogP contribution is 2.32. The van der Waals surface area contributed by atoms with Crippen molar-refractivity contribution in [3.05, 3.63) is 46.8 Å². The summed E-state index contributed by atoms with van der Waals surface area (Å²) in [7, 11) is 0. The number of likely N-dealkylation sites (tertiary alicyclic amines) is 1. The lowest BCUT2D eigenvalue weighted by Gasteiger charge is -2.23. The van der Waals surface area contributed by atoms with Crippen LogP contribution in [0, 0.1) is 20.8 Å². The van der Waals surface area contributed by atoms with Crippen molar-refractivity contribution in [2.75, 3.05) is 11.9 Å². The highest BCUT2D eigenvalue weighted by molar-refractivity contribution is 5.90. The third-order valence-electron chi connectivity index (χ3n) is 4.12. The summed E-state index contributed by atoms with van der Waals surface area (Å²) in [5.74, 6) is 0.775. The zero-order valence-electron chi connectivity index (χ0n) is 13.2. The Morgan fingerprint density at radius 2 is 2.14 bits per heavy atom. The van der Waals surface area contributed by atoms with E-state index in [1.165, 1.54) is 5.56 Å². The molecule has 0 bridgehead atoms. The maximum atomic E-state index is 12.6. The Labute approximate surface area is 130 Å². The van der Waals surface area contributed by atoms with Gasteiger partial charge in [-0.1, -0.05) is 22.9 Å². The van der Waals surface area contributed by atoms with Crippen LogP contribution in [0.25, 0.3) is 0 Å². The molecule has 22 heavy (non-hydrogen) atoms. The van der Waals surface area contributed by atoms with Crippen molar-refractivity contribution in [3.8, 4) is 0 Å². The number of aromatic nitrogens is 1. The van der Waals surface area contributed by atoms with Crippen LogP contribution in [0.4, 0.5) is 10.5 Å². The number of amides is 2. The summed E-state index contributed by atoms with van der Waals surface area (Å²) in [6.07, 6.45) is 1.91. The first-order valence-corrected chi connectivity index (χ1v) is 7.62. The molecule has 1 atom stereocenters. The van der Waals surface area contributed by atoms with Gasteiger partial charge < -0.3 is 14.7 Å². The van der Waals surface area contributed by atoms with E-state index in [1.807, 2.05) is 43.9 Å². The van der Waals surface area contributed by atoms with Crippen LogP contribution in [-0.2, 0) is 0 Å². The minimum Gasteiger partial charge on any atom is -0.361 e. The smallest absolute Gasteiger partial charge is 0.322 e. The fraction of sp³-hybridized carbons (Fsp3) is 0.412. The molecule has 0 radical (unpaired) electrons. The van der Waals surface area contributed by atoms with Gasteiger partial charge in [0.15, 0.2) is 0 Å². The molecule has 0 spiro atoms. The predicted molar refractivity (Wildman–Crippen MR) is 84.9 cm³/mol. The lowest BCUT2D eigenvalue weighted by atomic mass is 10.1. The number of carbonyl (C=O) groups is 1. The molecule has 1 unspecified atom stereocenters. The number of nitrogens with one attached hydrogen (secondary N) is 1. The van der Waals surface area contributed by atoms with Gasteiger partial charge in [0, 0.05) is 18.3 Å². The summed E-state index contributed by atoms with van der Waals surface area (Å²) in [6, 6.07) is 7.86. The van der Waals surface area contributed by atoms with Crippen LogP contribution in [-0.4, -0.2) is 22.6 Å². The number of rotatable bonds is 2. The highest BCUT2D eigenvalue weighted by atomic mass is 16.5. The number of nitrogens with zero attached hydrogens (tertiary/aromatic N) is 2. The fourth-order valence-electron chi connectivity index (χ4n) is 3.00. The van der Waals surface area contributed by atoms with Crippen LogP contribution in [0.3, 0.4) is 0 Å². The van der Waals surface area contributed by atoms with E-state index in [9.17, 15) is 4.79 Å². The van der Waals surface area contributed by atoms with Crippen LogP contribution < -0.4 is 5.32 Å². The first kappa shape index (κ1) is 14.6. The Balaban J connectivity index is 1.76. The molecule has 2 amide bonds. The molecule has 0 aliphatic carbocycles. The average Bonchev–Trinajstić information content (AvgIpc) is 3.10. The Morgan fingerprint density at radius 3 is 2.82 bits per heavy atom. The zero-order valence-corrected chi connectivity index (χ0v) is 13.2. The Kier molecular flexibility index (Phi) is 3.88. The normalized spacial score (nSPS) is 17.8. The van der Waals surface area contributed by atoms with E-state index in [-0.39, 0.29) is 12.1 Å². The van der Waals surface area contributed by atoms with Crippen LogP contribution in [0.15, 0.2) is 28.8 Å². The average molecular weight is 299 g/mol. The molecule has 2 aromatic rings. The lowest BCUT2D eigenvalue weighted by Crippen LogP contribution is -2.34. The summed E-state index contributed by atoms with van der Waals surface area (Å²) < 4.78 is 5.15. The van der Waals surface area contributed by atoms with E-state index in [2.05, 4.69) is 16.5 Å². The Morgan fingerprint density at radius 1 is 1.32 bits per heavy atom. The number of benzene rings is 1. The first-order valence-electron chi connectivity index (χ1n) is 7.62. The van der Waals surface area contributed by atoms with E-state index in [1.54, 1.807) is 0 Å². The second kappa shape index (κ2) is 5.83. The second-order valence-electron chi connectivity index (χ2n) is 5.96. The van der Waals surface area contributed by atoms with Gasteiger partial charge in [-0.25, -0.2) is 4.79 Å². The first-order chi connectivity index (χ1) is 10.5. The molecule has 116 valence electrons. The van der Waals surface area contributed by atoms with Crippen molar-refractivity contribution in [1.29, 1.82) is 0 Å². The molecule has 3 rings (SSSR count). The van der Waals surface area contributed by atoms with Crippen molar-refractivity contribution in [1.82, 2.24) is 10.1 Å². The van der Waals surface area contributed by atoms with Crippen LogP contribution in [0.1, 0.15) is 41.5 Å². The van der Waals surface area contributed by atoms with Gasteiger partial charge >= 0.3 is 6.03 Å². The number of hydrogen-bond acceptors (Lipinski definition) is 3. The Bertz CT molecular complexity index is 693. The minimum atomic E-state index is -0.0740. The molecule has 1 aromatic heterocycles. The molecule has 0 saturated carbocycles. The Hall–Kier alpha value is -2.30. The van der Waals surface area contributed by atoms with E-state index in [0.717, 1.165) is 42.1 Å². The SMILES string of the molecule is Cc1ccc(NC(=O)N2CCCC2c2cc(C)on2)c(C)c1. The monoisotopic (exact) mass is 299 g/mol. The maximum absolute atomic E-state index is 12.6. The minimum absolute atomic E-state index is 0.00297. The summed E-state index contributed by atoms with van der Waals surface area (Å²) in [5.41, 5.74) is 3.96. The number of carbonyl (C=O) groups excluding carboxylic acids is 1. The van der Waals surface area contributed by atoms with Gasteiger partial charge in [-0.2, -0.15) is 0 Å². The van der Waals surface area contributed by atoms with Gasteiger partial charge in [0.2, 0.25) is 0 Å². The quantitative estimate of drug-likeness (QED) is 0.912. The summed E-state index contributed by atoms with van der Waals surface area (Å²) >= 11 is 0. The van der Waals surface area contributed by atoms with Gasteiger partial charge in [0.1, 0.15) is 11.5 Å². The number of aryl methyl sites for hydroxylation is 3. The number of hydrogen-bond donors (Lipinski definition) is 1. The van der Waals surface area contributed by atoms with Crippen molar-refractivity contribution in [2.45, 2.75) is 39.7 Å². The highest BCUT2D eigenvalue weighted by Gasteiger charge is 2.32. The van der Waals surface area contributed by atoms with Crippen molar-refractivity contribution < 1.29 is 9.32 Å². The van der Waals surface area contributed by atoms with E-state index in [4.69, 9.17) is 4.52 Å². The number of urea groups is 1. The standard InChI is InChI=1S/C17H21N3O2/c1-11-6-7-14(12(2)9-11)18-17(21)20-8-4-5-16(20)15-10-13(3)22-19-15/h6-7,9-10,16H,4-5,8H2,1-3H3,(H,18,21). The molecule has 1 aliphatic heterocycles. The molecule has 1 aliphatic rings. The van der Waals surface area contributed by atoms with E-state index >= 15 is 0 Å². The van der Waals surface area contributed by atoms with Crippen molar-refractivity contribution >= 4 is 11.7 Å². The molecule has 5 nitrogen and oxygen atoms in total. The van der Waals surface area contributed by atoms with Crippen LogP contribution in [0.5, 0.6) is 0 Å². The summed E-state index contributed by atoms with van der Waals surface area (Å²) in [6.45, 7) is 6.66. The van der Waals surface area contributed by atoms with Gasteiger partial charge in [-0.15, -0.1) is 0 Å². The molecule has 1 N–H and O–H groups in total. The van der Waals surface area contributed by atoms with Gasteiger partial charge in [0.25, 0.3) is 0 Å². The molecule has 5 heteroatoms. The van der Waals surface area contributed by atoms with Crippen molar-refractivity contribution in [2.24, 2.45) is 0 Å². The number of anilines is 1. The third-order valence-corrected chi connectivity index (χ3v) is 4.12. The second-order valence-corrected chi connectivity index (χ2v) is 5.96. The summed E-state index contributed by atoms with van der Waals surface area (Å²) in [4.78, 5) is 14.4. The zero-order chi connectivity index (χ0) is 15.7.